The van der Waals surface area contributed by atoms with E-state index in [9.17, 15) is 43.2 Å². The molecule has 24 heteroatoms. The molecule has 0 fully saturated rings. The number of rotatable bonds is 28. The minimum Gasteiger partial charge on any atom is -0.481 e. The van der Waals surface area contributed by atoms with E-state index < -0.39 is 96.5 Å². The number of carbonyl (C=O) groups excluding carboxylic acids is 8. The number of aromatic nitrogens is 4. The SMILES string of the molecule is CCC[C@H](NC(=O)CCN)C(=O)NCC(=O)N[C@@H](Cc1cnc[nH]1)C(=O)N[C@@H](CS)C(=O)N[C@@H](Cc1cnc[nH]1)C(=O)NCC(=O)N[C@@H](CCC)C(=O)NCCC(=O)O. The number of nitrogens with zero attached hydrogens (tertiary/aromatic N) is 2. The Morgan fingerprint density at radius 1 is 0.627 bits per heavy atom. The van der Waals surface area contributed by atoms with E-state index in [0.29, 0.717) is 30.7 Å². The molecule has 0 bridgehead atoms. The molecule has 5 atom stereocenters. The number of thiol groups is 1. The molecule has 326 valence electrons. The van der Waals surface area contributed by atoms with Crippen molar-refractivity contribution in [1.82, 2.24) is 62.5 Å². The van der Waals surface area contributed by atoms with E-state index in [1.165, 1.54) is 25.0 Å². The summed E-state index contributed by atoms with van der Waals surface area (Å²) in [6, 6.07) is -5.83. The van der Waals surface area contributed by atoms with Gasteiger partial charge in [0, 0.05) is 61.9 Å². The van der Waals surface area contributed by atoms with Crippen LogP contribution in [0.5, 0.6) is 0 Å². The smallest absolute Gasteiger partial charge is 0.305 e. The van der Waals surface area contributed by atoms with Crippen molar-refractivity contribution < 1.29 is 48.3 Å². The van der Waals surface area contributed by atoms with Crippen LogP contribution >= 0.6 is 12.6 Å². The summed E-state index contributed by atoms with van der Waals surface area (Å²) in [4.78, 5) is 128. The van der Waals surface area contributed by atoms with Crippen molar-refractivity contribution in [2.75, 3.05) is 31.9 Å². The number of aromatic amines is 2. The monoisotopic (exact) mass is 849 g/mol. The van der Waals surface area contributed by atoms with Gasteiger partial charge in [0.05, 0.1) is 32.2 Å². The molecule has 0 aromatic carbocycles. The number of carbonyl (C=O) groups is 9. The lowest BCUT2D eigenvalue weighted by atomic mass is 10.1. The first-order chi connectivity index (χ1) is 28.2. The summed E-state index contributed by atoms with van der Waals surface area (Å²) in [6.07, 6.45) is 6.68. The molecule has 23 nitrogen and oxygen atoms in total. The van der Waals surface area contributed by atoms with E-state index in [-0.39, 0.29) is 50.9 Å². The van der Waals surface area contributed by atoms with Crippen molar-refractivity contribution in [3.8, 4) is 0 Å². The topological polar surface area (TPSA) is 353 Å². The minimum absolute atomic E-state index is 0.0171. The van der Waals surface area contributed by atoms with E-state index in [2.05, 4.69) is 75.1 Å². The van der Waals surface area contributed by atoms with Gasteiger partial charge in [0.1, 0.15) is 30.2 Å². The van der Waals surface area contributed by atoms with Gasteiger partial charge in [-0.15, -0.1) is 0 Å². The maximum Gasteiger partial charge on any atom is 0.305 e. The van der Waals surface area contributed by atoms with Gasteiger partial charge in [0.25, 0.3) is 0 Å². The van der Waals surface area contributed by atoms with Gasteiger partial charge in [-0.1, -0.05) is 26.7 Å². The molecule has 59 heavy (non-hydrogen) atoms. The average Bonchev–Trinajstić information content (AvgIpc) is 3.92. The molecule has 2 rings (SSSR count). The maximum atomic E-state index is 13.6. The molecule has 0 spiro atoms. The lowest BCUT2D eigenvalue weighted by molar-refractivity contribution is -0.137. The molecule has 0 radical (unpaired) electrons. The highest BCUT2D eigenvalue weighted by atomic mass is 32.1. The molecule has 0 aliphatic rings. The third kappa shape index (κ3) is 18.8. The van der Waals surface area contributed by atoms with Crippen LogP contribution in [0.4, 0.5) is 0 Å². The van der Waals surface area contributed by atoms with Gasteiger partial charge in [-0.05, 0) is 12.8 Å². The van der Waals surface area contributed by atoms with E-state index in [1.807, 2.05) is 6.92 Å². The first kappa shape index (κ1) is 49.1. The fourth-order valence-corrected chi connectivity index (χ4v) is 5.65. The van der Waals surface area contributed by atoms with Crippen molar-refractivity contribution in [2.45, 2.75) is 95.4 Å². The number of carboxylic acids is 1. The lowest BCUT2D eigenvalue weighted by Gasteiger charge is -2.24. The number of amides is 8. The standard InChI is InChI=1S/C35H55N13O10S/c1-3-5-22(31(54)39-10-8-30(52)53)45-28(50)15-41-33(56)24(11-20-13-37-18-42-20)47-35(58)26(17-59)48-34(57)25(12-21-14-38-19-43-21)46-29(51)16-40-32(55)23(6-4-2)44-27(49)7-9-36/h13-14,18-19,22-26,59H,3-12,15-17,36H2,1-2H3,(H,37,42)(H,38,43)(H,39,54)(H,40,55)(H,41,56)(H,44,49)(H,45,50)(H,46,51)(H,47,58)(H,48,57)(H,52,53)/t22-,23-,24-,25-,26-/m0/s1. The number of carboxylic acid groups (broad SMARTS) is 1. The summed E-state index contributed by atoms with van der Waals surface area (Å²) in [5.74, 6) is -6.90. The molecule has 0 aliphatic carbocycles. The summed E-state index contributed by atoms with van der Waals surface area (Å²) in [5.41, 5.74) is 6.31. The van der Waals surface area contributed by atoms with Crippen LogP contribution < -0.4 is 48.3 Å². The van der Waals surface area contributed by atoms with E-state index in [0.717, 1.165) is 0 Å². The average molecular weight is 850 g/mol. The number of H-pyrrole nitrogens is 2. The number of nitrogens with two attached hydrogens (primary N) is 1. The lowest BCUT2D eigenvalue weighted by Crippen LogP contribution is -2.59. The molecule has 0 saturated carbocycles. The summed E-state index contributed by atoms with van der Waals surface area (Å²) >= 11 is 4.22. The molecular formula is C35H55N13O10S. The summed E-state index contributed by atoms with van der Waals surface area (Å²) in [7, 11) is 0. The summed E-state index contributed by atoms with van der Waals surface area (Å²) < 4.78 is 0. The molecule has 2 aromatic rings. The second-order valence-electron chi connectivity index (χ2n) is 13.2. The van der Waals surface area contributed by atoms with Gasteiger partial charge in [-0.25, -0.2) is 9.97 Å². The molecular weight excluding hydrogens is 795 g/mol. The van der Waals surface area contributed by atoms with Gasteiger partial charge >= 0.3 is 5.97 Å². The maximum absolute atomic E-state index is 13.6. The quantitative estimate of drug-likeness (QED) is 0.0364. The van der Waals surface area contributed by atoms with Crippen molar-refractivity contribution in [3.05, 3.63) is 36.4 Å². The van der Waals surface area contributed by atoms with Crippen LogP contribution in [0.25, 0.3) is 0 Å². The van der Waals surface area contributed by atoms with Crippen LogP contribution in [0.1, 0.15) is 63.8 Å². The summed E-state index contributed by atoms with van der Waals surface area (Å²) in [5, 5.41) is 28.9. The molecule has 13 N–H and O–H groups in total. The number of nitrogens with one attached hydrogen (secondary N) is 10. The highest BCUT2D eigenvalue weighted by Gasteiger charge is 2.31. The Morgan fingerprint density at radius 2 is 1.07 bits per heavy atom. The van der Waals surface area contributed by atoms with Crippen LogP contribution in [0.2, 0.25) is 0 Å². The Balaban J connectivity index is 2.11. The first-order valence-electron chi connectivity index (χ1n) is 19.0. The highest BCUT2D eigenvalue weighted by Crippen LogP contribution is 2.05. The Labute approximate surface area is 345 Å². The number of aliphatic carboxylic acids is 1. The minimum atomic E-state index is -1.34. The first-order valence-corrected chi connectivity index (χ1v) is 19.6. The zero-order chi connectivity index (χ0) is 43.7. The van der Waals surface area contributed by atoms with E-state index in [1.54, 1.807) is 6.92 Å². The van der Waals surface area contributed by atoms with Crippen LogP contribution in [-0.2, 0) is 56.0 Å². The fourth-order valence-electron chi connectivity index (χ4n) is 5.39. The molecule has 2 heterocycles. The van der Waals surface area contributed by atoms with Gasteiger partial charge in [0.2, 0.25) is 47.3 Å². The molecule has 2 aromatic heterocycles. The van der Waals surface area contributed by atoms with Crippen molar-refractivity contribution >= 4 is 65.9 Å². The Hall–Kier alpha value is -6.04. The van der Waals surface area contributed by atoms with Crippen LogP contribution in [0, 0.1) is 0 Å². The molecule has 0 saturated heterocycles. The third-order valence-electron chi connectivity index (χ3n) is 8.37. The van der Waals surface area contributed by atoms with Crippen molar-refractivity contribution in [3.63, 3.8) is 0 Å². The normalized spacial score (nSPS) is 13.3. The molecule has 0 unspecified atom stereocenters. The number of imidazole rings is 2. The van der Waals surface area contributed by atoms with Gasteiger partial charge in [0.15, 0.2) is 0 Å². The predicted molar refractivity (Wildman–Crippen MR) is 213 cm³/mol. The fraction of sp³-hybridized carbons (Fsp3) is 0.571. The second kappa shape index (κ2) is 26.8. The Bertz CT molecular complexity index is 1690. The second-order valence-corrected chi connectivity index (χ2v) is 13.6. The summed E-state index contributed by atoms with van der Waals surface area (Å²) in [6.45, 7) is 2.43. The zero-order valence-electron chi connectivity index (χ0n) is 32.9. The van der Waals surface area contributed by atoms with Crippen molar-refractivity contribution in [1.29, 1.82) is 0 Å². The van der Waals surface area contributed by atoms with Gasteiger partial charge in [-0.2, -0.15) is 12.6 Å². The Kier molecular flexibility index (Phi) is 22.3. The highest BCUT2D eigenvalue weighted by molar-refractivity contribution is 7.80. The van der Waals surface area contributed by atoms with E-state index >= 15 is 0 Å². The van der Waals surface area contributed by atoms with Gasteiger partial charge < -0.3 is 63.3 Å². The zero-order valence-corrected chi connectivity index (χ0v) is 33.8. The van der Waals surface area contributed by atoms with Crippen LogP contribution in [-0.4, -0.2) is 140 Å². The largest absolute Gasteiger partial charge is 0.481 e. The Morgan fingerprint density at radius 3 is 1.53 bits per heavy atom. The number of hydrogen-bond acceptors (Lipinski definition) is 13. The van der Waals surface area contributed by atoms with Gasteiger partial charge in [-0.3, -0.25) is 43.2 Å². The van der Waals surface area contributed by atoms with Crippen molar-refractivity contribution in [2.24, 2.45) is 5.73 Å². The van der Waals surface area contributed by atoms with Crippen LogP contribution in [0.3, 0.4) is 0 Å². The molecule has 0 aliphatic heterocycles. The predicted octanol–water partition coefficient (Wildman–Crippen LogP) is -3.96. The number of hydrogen-bond donors (Lipinski definition) is 13. The van der Waals surface area contributed by atoms with Crippen LogP contribution in [0.15, 0.2) is 25.0 Å². The van der Waals surface area contributed by atoms with E-state index in [4.69, 9.17) is 10.8 Å². The third-order valence-corrected chi connectivity index (χ3v) is 8.74. The molecule has 8 amide bonds.